The van der Waals surface area contributed by atoms with Crippen molar-refractivity contribution in [2.75, 3.05) is 7.11 Å². The third-order valence-corrected chi connectivity index (χ3v) is 6.16. The van der Waals surface area contributed by atoms with Crippen molar-refractivity contribution in [3.8, 4) is 5.75 Å². The van der Waals surface area contributed by atoms with Gasteiger partial charge in [-0.2, -0.15) is 13.2 Å². The van der Waals surface area contributed by atoms with Crippen LogP contribution in [0.1, 0.15) is 53.2 Å². The third kappa shape index (κ3) is 4.34. The van der Waals surface area contributed by atoms with E-state index in [1.165, 1.54) is 19.2 Å². The number of hydrogen-bond donors (Lipinski definition) is 1. The molecule has 3 aromatic carbocycles. The predicted octanol–water partition coefficient (Wildman–Crippen LogP) is 7.09. The Balaban J connectivity index is 2.00. The van der Waals surface area contributed by atoms with Crippen molar-refractivity contribution in [1.82, 2.24) is 4.57 Å². The summed E-state index contributed by atoms with van der Waals surface area (Å²) in [6.07, 6.45) is -0.744. The van der Waals surface area contributed by atoms with E-state index < -0.39 is 17.7 Å². The maximum absolute atomic E-state index is 13.7. The molecule has 178 valence electrons. The number of aromatic nitrogens is 1. The zero-order valence-corrected chi connectivity index (χ0v) is 19.1. The fourth-order valence-electron chi connectivity index (χ4n) is 4.57. The van der Waals surface area contributed by atoms with Crippen LogP contribution in [0.25, 0.3) is 21.8 Å². The lowest BCUT2D eigenvalue weighted by atomic mass is 10.0. The number of phenols is 1. The topological polar surface area (TPSA) is 51.5 Å². The lowest BCUT2D eigenvalue weighted by Gasteiger charge is -2.15. The summed E-state index contributed by atoms with van der Waals surface area (Å²) in [5.74, 6) is -0.583. The SMILES string of the molecule is CCCCCc1cc(O)c2c3c(C(=O)OC)cccc3n(Cc3ccccc3C(F)(F)F)c2c1. The van der Waals surface area contributed by atoms with E-state index in [-0.39, 0.29) is 23.4 Å². The quantitative estimate of drug-likeness (QED) is 0.232. The van der Waals surface area contributed by atoms with E-state index >= 15 is 0 Å². The second-order valence-electron chi connectivity index (χ2n) is 8.40. The highest BCUT2D eigenvalue weighted by atomic mass is 19.4. The van der Waals surface area contributed by atoms with Gasteiger partial charge in [-0.25, -0.2) is 4.79 Å². The fraction of sp³-hybridized carbons (Fsp3) is 0.296. The van der Waals surface area contributed by atoms with Gasteiger partial charge in [-0.05, 0) is 54.3 Å². The second kappa shape index (κ2) is 9.41. The molecule has 1 N–H and O–H groups in total. The standard InChI is InChI=1S/C27H26F3NO3/c1-3-4-5-9-17-14-22-25(23(32)15-17)24-19(26(33)34-2)11-8-13-21(24)31(22)16-18-10-6-7-12-20(18)27(28,29)30/h6-8,10-15,32H,3-5,9,16H2,1-2H3. The first-order valence-corrected chi connectivity index (χ1v) is 11.3. The van der Waals surface area contributed by atoms with Crippen LogP contribution in [0.3, 0.4) is 0 Å². The predicted molar refractivity (Wildman–Crippen MR) is 126 cm³/mol. The number of carbonyl (C=O) groups is 1. The highest BCUT2D eigenvalue weighted by Crippen LogP contribution is 2.40. The summed E-state index contributed by atoms with van der Waals surface area (Å²) < 4.78 is 47.8. The van der Waals surface area contributed by atoms with Gasteiger partial charge >= 0.3 is 12.1 Å². The molecule has 0 fully saturated rings. The highest BCUT2D eigenvalue weighted by molar-refractivity contribution is 6.19. The molecule has 4 nitrogen and oxygen atoms in total. The minimum atomic E-state index is -4.50. The second-order valence-corrected chi connectivity index (χ2v) is 8.40. The first-order valence-electron chi connectivity index (χ1n) is 11.3. The maximum atomic E-state index is 13.7. The summed E-state index contributed by atoms with van der Waals surface area (Å²) >= 11 is 0. The number of benzene rings is 3. The van der Waals surface area contributed by atoms with Crippen LogP contribution in [0, 0.1) is 0 Å². The molecular weight excluding hydrogens is 443 g/mol. The fourth-order valence-corrected chi connectivity index (χ4v) is 4.57. The Morgan fingerprint density at radius 2 is 1.76 bits per heavy atom. The highest BCUT2D eigenvalue weighted by Gasteiger charge is 2.33. The molecule has 0 unspecified atom stereocenters. The van der Waals surface area contributed by atoms with Gasteiger partial charge in [-0.3, -0.25) is 0 Å². The van der Waals surface area contributed by atoms with Gasteiger partial charge in [0.25, 0.3) is 0 Å². The van der Waals surface area contributed by atoms with Crippen molar-refractivity contribution >= 4 is 27.8 Å². The number of carbonyl (C=O) groups excluding carboxylic acids is 1. The normalized spacial score (nSPS) is 11.9. The largest absolute Gasteiger partial charge is 0.507 e. The van der Waals surface area contributed by atoms with Crippen LogP contribution in [-0.4, -0.2) is 22.8 Å². The summed E-state index contributed by atoms with van der Waals surface area (Å²) in [6, 6.07) is 14.0. The summed E-state index contributed by atoms with van der Waals surface area (Å²) in [5.41, 5.74) is 1.67. The Morgan fingerprint density at radius 1 is 1.00 bits per heavy atom. The molecule has 0 atom stereocenters. The number of halogens is 3. The third-order valence-electron chi connectivity index (χ3n) is 6.16. The van der Waals surface area contributed by atoms with E-state index in [2.05, 4.69) is 6.92 Å². The van der Waals surface area contributed by atoms with E-state index in [0.29, 0.717) is 21.8 Å². The summed E-state index contributed by atoms with van der Waals surface area (Å²) in [7, 11) is 1.27. The lowest BCUT2D eigenvalue weighted by Crippen LogP contribution is -2.11. The van der Waals surface area contributed by atoms with Gasteiger partial charge in [-0.1, -0.05) is 44.0 Å². The molecule has 0 aliphatic heterocycles. The van der Waals surface area contributed by atoms with Crippen LogP contribution >= 0.6 is 0 Å². The number of rotatable bonds is 7. The maximum Gasteiger partial charge on any atom is 0.416 e. The minimum Gasteiger partial charge on any atom is -0.507 e. The van der Waals surface area contributed by atoms with Gasteiger partial charge in [0.05, 0.1) is 34.7 Å². The van der Waals surface area contributed by atoms with Gasteiger partial charge in [0.2, 0.25) is 0 Å². The summed E-state index contributed by atoms with van der Waals surface area (Å²) in [6.45, 7) is 2.03. The molecule has 0 saturated heterocycles. The van der Waals surface area contributed by atoms with Gasteiger partial charge < -0.3 is 14.4 Å². The Kier molecular flexibility index (Phi) is 6.55. The number of methoxy groups -OCH3 is 1. The summed E-state index contributed by atoms with van der Waals surface area (Å²) in [5, 5.41) is 11.9. The van der Waals surface area contributed by atoms with Gasteiger partial charge in [0.1, 0.15) is 5.75 Å². The number of hydrogen-bond acceptors (Lipinski definition) is 3. The van der Waals surface area contributed by atoms with Crippen molar-refractivity contribution in [3.63, 3.8) is 0 Å². The molecule has 1 aromatic heterocycles. The first kappa shape index (κ1) is 23.7. The van der Waals surface area contributed by atoms with Crippen LogP contribution in [0.15, 0.2) is 54.6 Å². The van der Waals surface area contributed by atoms with E-state index in [1.807, 2.05) is 6.07 Å². The molecule has 0 aliphatic rings. The molecule has 0 radical (unpaired) electrons. The molecule has 0 spiro atoms. The molecule has 34 heavy (non-hydrogen) atoms. The minimum absolute atomic E-state index is 0.00629. The Bertz CT molecular complexity index is 1350. The van der Waals surface area contributed by atoms with E-state index in [1.54, 1.807) is 34.9 Å². The van der Waals surface area contributed by atoms with E-state index in [9.17, 15) is 23.1 Å². The zero-order valence-electron chi connectivity index (χ0n) is 19.1. The lowest BCUT2D eigenvalue weighted by molar-refractivity contribution is -0.138. The average Bonchev–Trinajstić information content (AvgIpc) is 3.12. The van der Waals surface area contributed by atoms with Gasteiger partial charge in [0, 0.05) is 11.9 Å². The van der Waals surface area contributed by atoms with Crippen molar-refractivity contribution in [3.05, 3.63) is 76.9 Å². The number of ether oxygens (including phenoxy) is 1. The van der Waals surface area contributed by atoms with Gasteiger partial charge in [0.15, 0.2) is 0 Å². The number of aryl methyl sites for hydroxylation is 1. The first-order chi connectivity index (χ1) is 16.3. The smallest absolute Gasteiger partial charge is 0.416 e. The van der Waals surface area contributed by atoms with E-state index in [4.69, 9.17) is 4.74 Å². The molecule has 0 saturated carbocycles. The number of phenolic OH excluding ortho intramolecular Hbond substituents is 1. The Labute approximate surface area is 195 Å². The Hall–Kier alpha value is -3.48. The van der Waals surface area contributed by atoms with Crippen LogP contribution in [0.5, 0.6) is 5.75 Å². The van der Waals surface area contributed by atoms with Crippen molar-refractivity contribution in [2.24, 2.45) is 0 Å². The molecule has 0 aliphatic carbocycles. The molecule has 0 amide bonds. The van der Waals surface area contributed by atoms with Crippen molar-refractivity contribution in [2.45, 2.75) is 45.3 Å². The molecule has 0 bridgehead atoms. The van der Waals surface area contributed by atoms with Crippen LogP contribution in [0.2, 0.25) is 0 Å². The van der Waals surface area contributed by atoms with Crippen LogP contribution in [-0.2, 0) is 23.9 Å². The van der Waals surface area contributed by atoms with Gasteiger partial charge in [-0.15, -0.1) is 0 Å². The zero-order chi connectivity index (χ0) is 24.5. The van der Waals surface area contributed by atoms with Crippen molar-refractivity contribution in [1.29, 1.82) is 0 Å². The number of esters is 1. The van der Waals surface area contributed by atoms with E-state index in [0.717, 1.165) is 37.3 Å². The van der Waals surface area contributed by atoms with Crippen LogP contribution < -0.4 is 0 Å². The summed E-state index contributed by atoms with van der Waals surface area (Å²) in [4.78, 5) is 12.5. The number of aromatic hydroxyl groups is 1. The molecule has 4 rings (SSSR count). The molecular formula is C27H26F3NO3. The number of unbranched alkanes of at least 4 members (excludes halogenated alkanes) is 2. The molecule has 7 heteroatoms. The number of fused-ring (bicyclic) bond motifs is 3. The molecule has 4 aromatic rings. The monoisotopic (exact) mass is 469 g/mol. The average molecular weight is 470 g/mol. The Morgan fingerprint density at radius 3 is 2.47 bits per heavy atom. The number of nitrogens with zero attached hydrogens (tertiary/aromatic N) is 1. The molecule has 1 heterocycles. The van der Waals surface area contributed by atoms with Crippen LogP contribution in [0.4, 0.5) is 13.2 Å². The number of alkyl halides is 3. The van der Waals surface area contributed by atoms with Crippen molar-refractivity contribution < 1.29 is 27.8 Å².